The predicted octanol–water partition coefficient (Wildman–Crippen LogP) is 4.88. The van der Waals surface area contributed by atoms with E-state index >= 15 is 0 Å². The molecule has 0 radical (unpaired) electrons. The molecule has 0 aliphatic heterocycles. The number of carbonyl (C=O) groups is 2. The molecule has 0 saturated heterocycles. The van der Waals surface area contributed by atoms with Crippen molar-refractivity contribution in [2.24, 2.45) is 0 Å². The smallest absolute Gasteiger partial charge is 0.244 e. The minimum atomic E-state index is -0.398. The summed E-state index contributed by atoms with van der Waals surface area (Å²) in [7, 11) is 0. The molecule has 166 valence electrons. The molecule has 1 heterocycles. The van der Waals surface area contributed by atoms with Crippen molar-refractivity contribution in [2.75, 3.05) is 5.32 Å². The highest BCUT2D eigenvalue weighted by molar-refractivity contribution is 6.10. The van der Waals surface area contributed by atoms with E-state index in [0.29, 0.717) is 22.2 Å². The number of nitrogens with zero attached hydrogens (tertiary/aromatic N) is 1. The van der Waals surface area contributed by atoms with Gasteiger partial charge in [-0.2, -0.15) is 0 Å². The highest BCUT2D eigenvalue weighted by Crippen LogP contribution is 2.18. The lowest BCUT2D eigenvalue weighted by molar-refractivity contribution is -0.116. The van der Waals surface area contributed by atoms with E-state index in [2.05, 4.69) is 5.32 Å². The van der Waals surface area contributed by atoms with Gasteiger partial charge in [0.1, 0.15) is 12.4 Å². The predicted molar refractivity (Wildman–Crippen MR) is 127 cm³/mol. The number of carbonyl (C=O) groups excluding carboxylic acids is 2. The van der Waals surface area contributed by atoms with Crippen molar-refractivity contribution in [3.8, 4) is 0 Å². The van der Waals surface area contributed by atoms with E-state index in [-0.39, 0.29) is 23.4 Å². The summed E-state index contributed by atoms with van der Waals surface area (Å²) in [5.74, 6) is -1.15. The fourth-order valence-electron chi connectivity index (χ4n) is 3.71. The van der Waals surface area contributed by atoms with Gasteiger partial charge in [0.05, 0.1) is 11.1 Å². The molecule has 1 amide bonds. The van der Waals surface area contributed by atoms with Crippen LogP contribution in [0.15, 0.2) is 77.7 Å². The lowest BCUT2D eigenvalue weighted by Crippen LogP contribution is -2.24. The van der Waals surface area contributed by atoms with Crippen LogP contribution in [0.1, 0.15) is 34.0 Å². The van der Waals surface area contributed by atoms with E-state index in [1.165, 1.54) is 30.5 Å². The average Bonchev–Trinajstić information content (AvgIpc) is 2.82. The molecular weight excluding hydrogens is 419 g/mol. The number of fused-ring (bicyclic) bond motifs is 1. The second-order valence-corrected chi connectivity index (χ2v) is 7.96. The number of halogens is 1. The van der Waals surface area contributed by atoms with Crippen LogP contribution in [0.5, 0.6) is 0 Å². The first-order valence-electron chi connectivity index (χ1n) is 10.7. The number of nitrogens with one attached hydrogen (secondary N) is 1. The van der Waals surface area contributed by atoms with Gasteiger partial charge in [0, 0.05) is 22.8 Å². The second-order valence-electron chi connectivity index (χ2n) is 7.96. The van der Waals surface area contributed by atoms with Crippen molar-refractivity contribution in [3.05, 3.63) is 111 Å². The van der Waals surface area contributed by atoms with E-state index < -0.39 is 11.6 Å². The number of aryl methyl sites for hydroxylation is 2. The molecule has 0 aliphatic carbocycles. The summed E-state index contributed by atoms with van der Waals surface area (Å²) in [5.41, 5.74) is 3.04. The van der Waals surface area contributed by atoms with E-state index in [4.69, 9.17) is 0 Å². The van der Waals surface area contributed by atoms with Gasteiger partial charge in [0.15, 0.2) is 5.78 Å². The average molecular weight is 442 g/mol. The van der Waals surface area contributed by atoms with Crippen molar-refractivity contribution in [3.63, 3.8) is 0 Å². The number of hydrogen-bond donors (Lipinski definition) is 1. The normalized spacial score (nSPS) is 10.9. The maximum absolute atomic E-state index is 13.3. The third kappa shape index (κ3) is 4.75. The third-order valence-corrected chi connectivity index (χ3v) is 5.55. The summed E-state index contributed by atoms with van der Waals surface area (Å²) < 4.78 is 14.8. The summed E-state index contributed by atoms with van der Waals surface area (Å²) in [6, 6.07) is 17.9. The molecule has 0 bridgehead atoms. The van der Waals surface area contributed by atoms with Crippen molar-refractivity contribution in [1.82, 2.24) is 4.57 Å². The molecule has 33 heavy (non-hydrogen) atoms. The van der Waals surface area contributed by atoms with Gasteiger partial charge in [0.25, 0.3) is 0 Å². The molecule has 0 fully saturated rings. The first kappa shape index (κ1) is 22.1. The zero-order valence-electron chi connectivity index (χ0n) is 18.4. The van der Waals surface area contributed by atoms with Crippen molar-refractivity contribution < 1.29 is 14.0 Å². The molecule has 0 aliphatic rings. The molecule has 0 saturated carbocycles. The summed E-state index contributed by atoms with van der Waals surface area (Å²) in [6.45, 7) is 3.79. The molecule has 0 atom stereocenters. The summed E-state index contributed by atoms with van der Waals surface area (Å²) in [4.78, 5) is 39.2. The molecule has 6 heteroatoms. The molecule has 1 N–H and O–H groups in total. The van der Waals surface area contributed by atoms with Gasteiger partial charge in [-0.3, -0.25) is 14.4 Å². The lowest BCUT2D eigenvalue weighted by atomic mass is 10.00. The number of hydrogen-bond acceptors (Lipinski definition) is 3. The second kappa shape index (κ2) is 9.20. The Kier molecular flexibility index (Phi) is 6.18. The van der Waals surface area contributed by atoms with Gasteiger partial charge in [-0.05, 0) is 55.3 Å². The van der Waals surface area contributed by atoms with Gasteiger partial charge >= 0.3 is 0 Å². The Morgan fingerprint density at radius 1 is 0.970 bits per heavy atom. The quantitative estimate of drug-likeness (QED) is 0.433. The monoisotopic (exact) mass is 442 g/mol. The zero-order chi connectivity index (χ0) is 23.5. The van der Waals surface area contributed by atoms with Crippen LogP contribution in [0.4, 0.5) is 10.1 Å². The molecule has 4 rings (SSSR count). The van der Waals surface area contributed by atoms with E-state index in [1.54, 1.807) is 28.8 Å². The van der Waals surface area contributed by atoms with Crippen LogP contribution in [0.25, 0.3) is 10.9 Å². The molecule has 1 aromatic heterocycles. The number of amides is 1. The minimum absolute atomic E-state index is 0.00851. The summed E-state index contributed by atoms with van der Waals surface area (Å²) >= 11 is 0. The van der Waals surface area contributed by atoms with Gasteiger partial charge in [-0.25, -0.2) is 4.39 Å². The summed E-state index contributed by atoms with van der Waals surface area (Å²) in [5, 5.41) is 3.11. The van der Waals surface area contributed by atoms with Crippen molar-refractivity contribution in [1.29, 1.82) is 0 Å². The molecule has 0 spiro atoms. The van der Waals surface area contributed by atoms with Crippen LogP contribution in [-0.2, 0) is 17.8 Å². The third-order valence-electron chi connectivity index (χ3n) is 5.55. The molecular formula is C27H23FN2O3. The zero-order valence-corrected chi connectivity index (χ0v) is 18.4. The molecule has 3 aromatic carbocycles. The summed E-state index contributed by atoms with van der Waals surface area (Å²) in [6.07, 6.45) is 2.18. The van der Waals surface area contributed by atoms with Gasteiger partial charge in [-0.15, -0.1) is 0 Å². The Balaban J connectivity index is 1.77. The van der Waals surface area contributed by atoms with Crippen LogP contribution in [0.3, 0.4) is 0 Å². The SMILES string of the molecule is CCc1ccc2c(c1)c(=O)c(C(=O)c1ccc(C)cc1)cn2CC(=O)Nc1ccc(F)cc1. The van der Waals surface area contributed by atoms with Crippen LogP contribution in [-0.4, -0.2) is 16.3 Å². The van der Waals surface area contributed by atoms with Crippen molar-refractivity contribution >= 4 is 28.3 Å². The Bertz CT molecular complexity index is 1400. The first-order valence-corrected chi connectivity index (χ1v) is 10.7. The van der Waals surface area contributed by atoms with E-state index in [1.807, 2.05) is 32.0 Å². The van der Waals surface area contributed by atoms with E-state index in [9.17, 15) is 18.8 Å². The highest BCUT2D eigenvalue weighted by atomic mass is 19.1. The fraction of sp³-hybridized carbons (Fsp3) is 0.148. The first-order chi connectivity index (χ1) is 15.9. The van der Waals surface area contributed by atoms with Crippen LogP contribution in [0, 0.1) is 12.7 Å². The number of rotatable bonds is 6. The number of benzene rings is 3. The van der Waals surface area contributed by atoms with Gasteiger partial charge in [-0.1, -0.05) is 42.8 Å². The Morgan fingerprint density at radius 2 is 1.67 bits per heavy atom. The Hall–Kier alpha value is -4.06. The number of pyridine rings is 1. The maximum Gasteiger partial charge on any atom is 0.244 e. The highest BCUT2D eigenvalue weighted by Gasteiger charge is 2.18. The van der Waals surface area contributed by atoms with Crippen LogP contribution < -0.4 is 10.7 Å². The Morgan fingerprint density at radius 3 is 2.33 bits per heavy atom. The standard InChI is InChI=1S/C27H23FN2O3/c1-3-18-6-13-24-22(14-18)27(33)23(26(32)19-7-4-17(2)5-8-19)15-30(24)16-25(31)29-21-11-9-20(28)10-12-21/h4-15H,3,16H2,1-2H3,(H,29,31). The number of anilines is 1. The lowest BCUT2D eigenvalue weighted by Gasteiger charge is -2.14. The fourth-order valence-corrected chi connectivity index (χ4v) is 3.71. The van der Waals surface area contributed by atoms with Crippen LogP contribution >= 0.6 is 0 Å². The largest absolute Gasteiger partial charge is 0.337 e. The molecule has 0 unspecified atom stereocenters. The number of aromatic nitrogens is 1. The van der Waals surface area contributed by atoms with Gasteiger partial charge < -0.3 is 9.88 Å². The Labute approximate surface area is 190 Å². The molecule has 5 nitrogen and oxygen atoms in total. The topological polar surface area (TPSA) is 68.2 Å². The molecule has 4 aromatic rings. The van der Waals surface area contributed by atoms with Gasteiger partial charge in [0.2, 0.25) is 11.3 Å². The van der Waals surface area contributed by atoms with Crippen LogP contribution in [0.2, 0.25) is 0 Å². The maximum atomic E-state index is 13.3. The minimum Gasteiger partial charge on any atom is -0.337 e. The van der Waals surface area contributed by atoms with E-state index in [0.717, 1.165) is 17.5 Å². The van der Waals surface area contributed by atoms with Crippen molar-refractivity contribution in [2.45, 2.75) is 26.8 Å². The number of ketones is 1.